The fraction of sp³-hybridized carbons (Fsp3) is 0.250. The molecule has 0 unspecified atom stereocenters. The molecule has 1 N–H and O–H groups in total. The van der Waals surface area contributed by atoms with E-state index in [-0.39, 0.29) is 32.6 Å². The Morgan fingerprint density at radius 3 is 2.42 bits per heavy atom. The van der Waals surface area contributed by atoms with Crippen LogP contribution in [0.3, 0.4) is 0 Å². The third-order valence-corrected chi connectivity index (χ3v) is 2.25. The third-order valence-electron chi connectivity index (χ3n) is 2.25. The van der Waals surface area contributed by atoms with Gasteiger partial charge in [-0.1, -0.05) is 0 Å². The highest BCUT2D eigenvalue weighted by atomic mass is 16.8. The van der Waals surface area contributed by atoms with Crippen molar-refractivity contribution in [2.24, 2.45) is 5.10 Å². The average Bonchev–Trinajstić information content (AvgIpc) is 2.87. The van der Waals surface area contributed by atoms with Crippen molar-refractivity contribution in [2.75, 3.05) is 0 Å². The van der Waals surface area contributed by atoms with Gasteiger partial charge in [0.15, 0.2) is 0 Å². The van der Waals surface area contributed by atoms with Crippen LogP contribution in [0.2, 0.25) is 0 Å². The predicted molar refractivity (Wildman–Crippen MR) is 55.5 cm³/mol. The number of nitrogens with one attached hydrogen (secondary N) is 1. The first kappa shape index (κ1) is 12.5. The van der Waals surface area contributed by atoms with Gasteiger partial charge in [0.1, 0.15) is 6.21 Å². The summed E-state index contributed by atoms with van der Waals surface area (Å²) in [6.45, 7) is 2.83. The van der Waals surface area contributed by atoms with Crippen molar-refractivity contribution in [3.05, 3.63) is 33.2 Å². The molecule has 1 amide bonds. The highest BCUT2D eigenvalue weighted by Gasteiger charge is 2.22. The molecular formula is C8H8N6O5. The summed E-state index contributed by atoms with van der Waals surface area (Å²) in [4.78, 5) is 11.8. The van der Waals surface area contributed by atoms with E-state index >= 15 is 0 Å². The fourth-order valence-corrected chi connectivity index (χ4v) is 1.12. The molecule has 0 saturated carbocycles. The van der Waals surface area contributed by atoms with Crippen molar-refractivity contribution in [3.8, 4) is 0 Å². The van der Waals surface area contributed by atoms with Crippen LogP contribution in [0.15, 0.2) is 14.4 Å². The Labute approximate surface area is 105 Å². The van der Waals surface area contributed by atoms with Crippen LogP contribution < -0.4 is 15.2 Å². The van der Waals surface area contributed by atoms with Gasteiger partial charge < -0.3 is 10.4 Å². The second-order valence-electron chi connectivity index (χ2n) is 3.46. The van der Waals surface area contributed by atoms with Gasteiger partial charge in [-0.2, -0.15) is 5.10 Å². The van der Waals surface area contributed by atoms with E-state index in [9.17, 15) is 15.2 Å². The standard InChI is InChI=1S/C8H8N6O5/c1-4-6(11-18-13(4)16)3-9-10-8(15)7-5(2)14(17)19-12-7/h3H,1-2H3,(H,10,15)/b9-3+. The molecule has 2 heterocycles. The number of amides is 1. The molecule has 19 heavy (non-hydrogen) atoms. The minimum atomic E-state index is -0.733. The number of hydrazone groups is 1. The first-order chi connectivity index (χ1) is 9.00. The normalized spacial score (nSPS) is 11.1. The summed E-state index contributed by atoms with van der Waals surface area (Å²) in [5.41, 5.74) is 2.26. The van der Waals surface area contributed by atoms with Gasteiger partial charge in [-0.05, 0) is 9.81 Å². The topological polar surface area (TPSA) is 147 Å². The fourth-order valence-electron chi connectivity index (χ4n) is 1.12. The van der Waals surface area contributed by atoms with Crippen LogP contribution in [0.5, 0.6) is 0 Å². The van der Waals surface area contributed by atoms with Crippen LogP contribution in [0, 0.1) is 24.3 Å². The van der Waals surface area contributed by atoms with Crippen LogP contribution in [-0.4, -0.2) is 22.4 Å². The van der Waals surface area contributed by atoms with Crippen molar-refractivity contribution < 1.29 is 23.9 Å². The Bertz CT molecular complexity index is 644. The number of hydrogen-bond donors (Lipinski definition) is 1. The van der Waals surface area contributed by atoms with E-state index in [2.05, 4.69) is 30.1 Å². The Kier molecular flexibility index (Phi) is 3.10. The molecule has 11 nitrogen and oxygen atoms in total. The Balaban J connectivity index is 2.05. The predicted octanol–water partition coefficient (Wildman–Crippen LogP) is -1.69. The van der Waals surface area contributed by atoms with Gasteiger partial charge in [0.05, 0.1) is 5.16 Å². The number of nitrogens with zero attached hydrogens (tertiary/aromatic N) is 5. The van der Waals surface area contributed by atoms with Crippen LogP contribution in [-0.2, 0) is 0 Å². The van der Waals surface area contributed by atoms with E-state index in [0.29, 0.717) is 0 Å². The molecule has 0 saturated heterocycles. The Hall–Kier alpha value is -2.98. The van der Waals surface area contributed by atoms with Crippen molar-refractivity contribution in [1.29, 1.82) is 0 Å². The lowest BCUT2D eigenvalue weighted by Crippen LogP contribution is -2.28. The van der Waals surface area contributed by atoms with Gasteiger partial charge >= 0.3 is 11.6 Å². The second-order valence-corrected chi connectivity index (χ2v) is 3.46. The maximum absolute atomic E-state index is 11.5. The summed E-state index contributed by atoms with van der Waals surface area (Å²) in [5.74, 6) is -0.733. The lowest BCUT2D eigenvalue weighted by molar-refractivity contribution is -0.807. The molecule has 0 aliphatic carbocycles. The van der Waals surface area contributed by atoms with Gasteiger partial charge in [-0.3, -0.25) is 14.1 Å². The molecule has 0 spiro atoms. The smallest absolute Gasteiger partial charge is 0.322 e. The number of aromatic nitrogens is 4. The first-order valence-corrected chi connectivity index (χ1v) is 4.96. The molecule has 2 aromatic rings. The van der Waals surface area contributed by atoms with Crippen molar-refractivity contribution in [3.63, 3.8) is 0 Å². The van der Waals surface area contributed by atoms with Crippen molar-refractivity contribution >= 4 is 12.1 Å². The molecule has 2 rings (SSSR count). The van der Waals surface area contributed by atoms with E-state index in [0.717, 1.165) is 6.21 Å². The zero-order chi connectivity index (χ0) is 14.0. The molecule has 0 aliphatic heterocycles. The average molecular weight is 268 g/mol. The molecule has 0 radical (unpaired) electrons. The van der Waals surface area contributed by atoms with Gasteiger partial charge in [-0.15, -0.1) is 0 Å². The first-order valence-electron chi connectivity index (χ1n) is 4.96. The van der Waals surface area contributed by atoms with E-state index in [4.69, 9.17) is 0 Å². The Morgan fingerprint density at radius 2 is 1.89 bits per heavy atom. The Morgan fingerprint density at radius 1 is 1.26 bits per heavy atom. The van der Waals surface area contributed by atoms with Crippen molar-refractivity contribution in [1.82, 2.24) is 15.7 Å². The van der Waals surface area contributed by atoms with Gasteiger partial charge in [0, 0.05) is 19.0 Å². The van der Waals surface area contributed by atoms with E-state index < -0.39 is 5.91 Å². The van der Waals surface area contributed by atoms with Crippen LogP contribution in [0.4, 0.5) is 0 Å². The molecule has 0 aromatic carbocycles. The largest absolute Gasteiger partial charge is 0.359 e. The van der Waals surface area contributed by atoms with Crippen LogP contribution in [0.25, 0.3) is 0 Å². The van der Waals surface area contributed by atoms with Crippen LogP contribution in [0.1, 0.15) is 27.6 Å². The monoisotopic (exact) mass is 268 g/mol. The minimum absolute atomic E-state index is 0.00252. The number of hydrogen-bond acceptors (Lipinski definition) is 8. The summed E-state index contributed by atoms with van der Waals surface area (Å²) in [5, 5.41) is 32.0. The maximum atomic E-state index is 11.5. The summed E-state index contributed by atoms with van der Waals surface area (Å²) < 4.78 is 8.52. The molecule has 11 heteroatoms. The molecule has 0 aliphatic rings. The lowest BCUT2D eigenvalue weighted by atomic mass is 10.3. The zero-order valence-corrected chi connectivity index (χ0v) is 9.85. The SMILES string of the molecule is Cc1c(/C=N/NC(=O)c2no[n+]([O-])c2C)no[n+]1[O-]. The summed E-state index contributed by atoms with van der Waals surface area (Å²) in [6, 6.07) is 0. The summed E-state index contributed by atoms with van der Waals surface area (Å²) in [6.07, 6.45) is 1.12. The third kappa shape index (κ3) is 2.34. The van der Waals surface area contributed by atoms with Gasteiger partial charge in [-0.25, -0.2) is 5.43 Å². The maximum Gasteiger partial charge on any atom is 0.322 e. The highest BCUT2D eigenvalue weighted by molar-refractivity contribution is 5.93. The van der Waals surface area contributed by atoms with Gasteiger partial charge in [0.25, 0.3) is 5.69 Å². The minimum Gasteiger partial charge on any atom is -0.359 e. The molecule has 2 aromatic heterocycles. The van der Waals surface area contributed by atoms with E-state index in [1.165, 1.54) is 13.8 Å². The van der Waals surface area contributed by atoms with Crippen LogP contribution >= 0.6 is 0 Å². The zero-order valence-electron chi connectivity index (χ0n) is 9.85. The number of rotatable bonds is 3. The molecule has 0 bridgehead atoms. The highest BCUT2D eigenvalue weighted by Crippen LogP contribution is 1.98. The van der Waals surface area contributed by atoms with Gasteiger partial charge in [0.2, 0.25) is 11.4 Å². The lowest BCUT2D eigenvalue weighted by Gasteiger charge is -1.91. The quantitative estimate of drug-likeness (QED) is 0.396. The molecule has 0 fully saturated rings. The second kappa shape index (κ2) is 4.72. The van der Waals surface area contributed by atoms with E-state index in [1.54, 1.807) is 0 Å². The number of carbonyl (C=O) groups is 1. The molecular weight excluding hydrogens is 260 g/mol. The number of carbonyl (C=O) groups excluding carboxylic acids is 1. The molecule has 100 valence electrons. The summed E-state index contributed by atoms with van der Waals surface area (Å²) >= 11 is 0. The van der Waals surface area contributed by atoms with Crippen molar-refractivity contribution in [2.45, 2.75) is 13.8 Å². The molecule has 0 atom stereocenters. The summed E-state index contributed by atoms with van der Waals surface area (Å²) in [7, 11) is 0. The van der Waals surface area contributed by atoms with E-state index in [1.807, 2.05) is 0 Å².